The molecule has 2 aromatic heterocycles. The maximum Gasteiger partial charge on any atom is 0.280 e. The zero-order valence-electron chi connectivity index (χ0n) is 14.0. The van der Waals surface area contributed by atoms with E-state index in [-0.39, 0.29) is 11.6 Å². The molecule has 0 bridgehead atoms. The molecule has 6 nitrogen and oxygen atoms in total. The van der Waals surface area contributed by atoms with Crippen molar-refractivity contribution >= 4 is 51.2 Å². The predicted molar refractivity (Wildman–Crippen MR) is 107 cm³/mol. The van der Waals surface area contributed by atoms with Crippen LogP contribution in [0.15, 0.2) is 46.0 Å². The van der Waals surface area contributed by atoms with Gasteiger partial charge in [0.2, 0.25) is 0 Å². The van der Waals surface area contributed by atoms with Gasteiger partial charge < -0.3 is 0 Å². The number of thiazole rings is 1. The van der Waals surface area contributed by atoms with Gasteiger partial charge in [0.15, 0.2) is 5.13 Å². The summed E-state index contributed by atoms with van der Waals surface area (Å²) in [5.41, 5.74) is 1.23. The van der Waals surface area contributed by atoms with Crippen LogP contribution in [0.2, 0.25) is 0 Å². The third-order valence-electron chi connectivity index (χ3n) is 3.24. The molecular weight excluding hydrogens is 390 g/mol. The molecule has 0 atom stereocenters. The third kappa shape index (κ3) is 4.48. The van der Waals surface area contributed by atoms with Gasteiger partial charge in [-0.1, -0.05) is 19.9 Å². The lowest BCUT2D eigenvalue weighted by Gasteiger charge is -2.07. The first-order valence-corrected chi connectivity index (χ1v) is 10.3. The number of benzene rings is 1. The molecule has 0 radical (unpaired) electrons. The van der Waals surface area contributed by atoms with Crippen LogP contribution in [0.5, 0.6) is 0 Å². The Balaban J connectivity index is 1.72. The average Bonchev–Trinajstić information content (AvgIpc) is 3.23. The van der Waals surface area contributed by atoms with E-state index in [0.717, 1.165) is 4.90 Å². The average molecular weight is 406 g/mol. The number of hydrogen-bond acceptors (Lipinski definition) is 7. The van der Waals surface area contributed by atoms with Crippen LogP contribution in [0.4, 0.5) is 10.8 Å². The number of nitrogens with one attached hydrogen (secondary N) is 1. The number of nitrogens with zero attached hydrogens (tertiary/aromatic N) is 2. The van der Waals surface area contributed by atoms with E-state index in [1.54, 1.807) is 23.2 Å². The normalized spacial score (nSPS) is 10.9. The monoisotopic (exact) mass is 405 g/mol. The van der Waals surface area contributed by atoms with Crippen molar-refractivity contribution in [3.63, 3.8) is 0 Å². The molecule has 0 aliphatic carbocycles. The highest BCUT2D eigenvalue weighted by Gasteiger charge is 2.15. The first-order valence-electron chi connectivity index (χ1n) is 7.69. The summed E-state index contributed by atoms with van der Waals surface area (Å²) in [7, 11) is 0. The summed E-state index contributed by atoms with van der Waals surface area (Å²) in [6, 6.07) is 8.94. The molecule has 9 heteroatoms. The molecule has 0 saturated carbocycles. The number of thiophene rings is 1. The van der Waals surface area contributed by atoms with E-state index in [4.69, 9.17) is 0 Å². The maximum absolute atomic E-state index is 12.5. The van der Waals surface area contributed by atoms with Crippen LogP contribution < -0.4 is 5.32 Å². The Labute approximate surface area is 162 Å². The highest BCUT2D eigenvalue weighted by molar-refractivity contribution is 7.99. The molecule has 134 valence electrons. The molecule has 0 aliphatic rings. The fourth-order valence-electron chi connectivity index (χ4n) is 2.15. The quantitative estimate of drug-likeness (QED) is 0.331. The van der Waals surface area contributed by atoms with Gasteiger partial charge in [0.1, 0.15) is 0 Å². The Morgan fingerprint density at radius 1 is 1.27 bits per heavy atom. The standard InChI is InChI=1S/C17H15N3O3S3/c1-10(2)26-13-5-3-4-11(6-13)16(21)19-17-18-14(9-25-17)15-7-12(8-24-15)20(22)23/h3-10H,1-2H3,(H,18,19,21). The lowest BCUT2D eigenvalue weighted by Crippen LogP contribution is -2.11. The van der Waals surface area contributed by atoms with E-state index >= 15 is 0 Å². The number of aromatic nitrogens is 1. The zero-order valence-corrected chi connectivity index (χ0v) is 16.4. The van der Waals surface area contributed by atoms with Gasteiger partial charge in [-0.25, -0.2) is 4.98 Å². The first kappa shape index (κ1) is 18.6. The number of carbonyl (C=O) groups is 1. The van der Waals surface area contributed by atoms with Crippen LogP contribution in [-0.2, 0) is 0 Å². The number of hydrogen-bond donors (Lipinski definition) is 1. The molecule has 0 aliphatic heterocycles. The zero-order chi connectivity index (χ0) is 18.7. The number of amides is 1. The van der Waals surface area contributed by atoms with E-state index in [9.17, 15) is 14.9 Å². The number of carbonyl (C=O) groups excluding carboxylic acids is 1. The van der Waals surface area contributed by atoms with Gasteiger partial charge in [-0.2, -0.15) is 0 Å². The number of thioether (sulfide) groups is 1. The van der Waals surface area contributed by atoms with Crippen LogP contribution in [0.1, 0.15) is 24.2 Å². The minimum atomic E-state index is -0.433. The molecule has 0 unspecified atom stereocenters. The topological polar surface area (TPSA) is 85.1 Å². The van der Waals surface area contributed by atoms with Crippen molar-refractivity contribution in [1.82, 2.24) is 4.98 Å². The fraction of sp³-hybridized carbons (Fsp3) is 0.176. The largest absolute Gasteiger partial charge is 0.298 e. The van der Waals surface area contributed by atoms with Crippen molar-refractivity contribution in [2.75, 3.05) is 5.32 Å². The molecule has 1 aromatic carbocycles. The molecule has 26 heavy (non-hydrogen) atoms. The van der Waals surface area contributed by atoms with Gasteiger partial charge in [-0.15, -0.1) is 34.4 Å². The molecule has 0 spiro atoms. The Hall–Kier alpha value is -2.23. The van der Waals surface area contributed by atoms with E-state index < -0.39 is 4.92 Å². The van der Waals surface area contributed by atoms with Crippen molar-refractivity contribution in [2.24, 2.45) is 0 Å². The summed E-state index contributed by atoms with van der Waals surface area (Å²) in [5, 5.41) is 17.7. The summed E-state index contributed by atoms with van der Waals surface area (Å²) in [5.74, 6) is -0.228. The van der Waals surface area contributed by atoms with Crippen LogP contribution in [0.25, 0.3) is 10.6 Å². The smallest absolute Gasteiger partial charge is 0.280 e. The van der Waals surface area contributed by atoms with Crippen LogP contribution in [0.3, 0.4) is 0 Å². The lowest BCUT2D eigenvalue weighted by molar-refractivity contribution is -0.384. The van der Waals surface area contributed by atoms with Crippen LogP contribution >= 0.6 is 34.4 Å². The second-order valence-corrected chi connectivity index (χ2v) is 9.03. The summed E-state index contributed by atoms with van der Waals surface area (Å²) in [4.78, 5) is 28.9. The molecule has 0 fully saturated rings. The first-order chi connectivity index (χ1) is 12.4. The van der Waals surface area contributed by atoms with E-state index in [0.29, 0.717) is 26.5 Å². The van der Waals surface area contributed by atoms with Gasteiger partial charge in [0, 0.05) is 27.2 Å². The number of anilines is 1. The van der Waals surface area contributed by atoms with Crippen molar-refractivity contribution in [2.45, 2.75) is 24.0 Å². The summed E-state index contributed by atoms with van der Waals surface area (Å²) >= 11 is 4.24. The summed E-state index contributed by atoms with van der Waals surface area (Å²) < 4.78 is 0. The summed E-state index contributed by atoms with van der Waals surface area (Å²) in [6.07, 6.45) is 0. The SMILES string of the molecule is CC(C)Sc1cccc(C(=O)Nc2nc(-c3cc([N+](=O)[O-])cs3)cs2)c1. The van der Waals surface area contributed by atoms with E-state index in [1.807, 2.05) is 18.2 Å². The Morgan fingerprint density at radius 2 is 2.08 bits per heavy atom. The second kappa shape index (κ2) is 7.98. The van der Waals surface area contributed by atoms with Gasteiger partial charge in [0.25, 0.3) is 11.6 Å². The number of rotatable bonds is 6. The highest BCUT2D eigenvalue weighted by atomic mass is 32.2. The van der Waals surface area contributed by atoms with Crippen LogP contribution in [0, 0.1) is 10.1 Å². The molecule has 1 amide bonds. The Bertz CT molecular complexity index is 949. The predicted octanol–water partition coefficient (Wildman–Crippen LogP) is 5.53. The number of nitro groups is 1. The molecule has 3 rings (SSSR count). The van der Waals surface area contributed by atoms with Gasteiger partial charge >= 0.3 is 0 Å². The molecule has 0 saturated heterocycles. The van der Waals surface area contributed by atoms with E-state index in [1.165, 1.54) is 34.1 Å². The van der Waals surface area contributed by atoms with Crippen molar-refractivity contribution in [3.05, 3.63) is 56.8 Å². The Morgan fingerprint density at radius 3 is 2.77 bits per heavy atom. The van der Waals surface area contributed by atoms with Gasteiger partial charge in [0.05, 0.1) is 20.9 Å². The van der Waals surface area contributed by atoms with Crippen molar-refractivity contribution < 1.29 is 9.72 Å². The highest BCUT2D eigenvalue weighted by Crippen LogP contribution is 2.33. The van der Waals surface area contributed by atoms with Gasteiger partial charge in [-0.3, -0.25) is 20.2 Å². The van der Waals surface area contributed by atoms with Crippen molar-refractivity contribution in [1.29, 1.82) is 0 Å². The maximum atomic E-state index is 12.5. The van der Waals surface area contributed by atoms with E-state index in [2.05, 4.69) is 24.1 Å². The molecular formula is C17H15N3O3S3. The summed E-state index contributed by atoms with van der Waals surface area (Å²) in [6.45, 7) is 4.20. The van der Waals surface area contributed by atoms with Crippen molar-refractivity contribution in [3.8, 4) is 10.6 Å². The fourth-order valence-corrected chi connectivity index (χ4v) is 4.65. The molecule has 2 heterocycles. The minimum absolute atomic E-state index is 0.0445. The third-order valence-corrected chi connectivity index (χ3v) is 5.94. The molecule has 1 N–H and O–H groups in total. The lowest BCUT2D eigenvalue weighted by atomic mass is 10.2. The second-order valence-electron chi connectivity index (χ2n) is 5.61. The van der Waals surface area contributed by atoms with Crippen LogP contribution in [-0.4, -0.2) is 21.1 Å². The van der Waals surface area contributed by atoms with Gasteiger partial charge in [-0.05, 0) is 18.2 Å². The Kier molecular flexibility index (Phi) is 5.70. The molecule has 3 aromatic rings. The minimum Gasteiger partial charge on any atom is -0.298 e.